The van der Waals surface area contributed by atoms with Crippen LogP contribution >= 0.6 is 0 Å². The molecular formula is C11H17N3O3. The third-order valence-corrected chi connectivity index (χ3v) is 3.53. The van der Waals surface area contributed by atoms with Crippen molar-refractivity contribution in [2.24, 2.45) is 11.8 Å². The first-order valence-corrected chi connectivity index (χ1v) is 5.72. The lowest BCUT2D eigenvalue weighted by Crippen LogP contribution is -2.26. The van der Waals surface area contributed by atoms with Crippen LogP contribution in [0.4, 0.5) is 5.82 Å². The SMILES string of the molecule is Nc1ccn(C2C[C@H](CO)[C@@H](CO)C2)c(=O)n1. The lowest BCUT2D eigenvalue weighted by Gasteiger charge is -2.12. The highest BCUT2D eigenvalue weighted by Crippen LogP contribution is 2.38. The second-order valence-corrected chi connectivity index (χ2v) is 4.55. The van der Waals surface area contributed by atoms with E-state index in [0.29, 0.717) is 12.8 Å². The molecule has 6 heteroatoms. The first-order chi connectivity index (χ1) is 8.15. The van der Waals surface area contributed by atoms with Gasteiger partial charge < -0.3 is 15.9 Å². The summed E-state index contributed by atoms with van der Waals surface area (Å²) in [5.41, 5.74) is 5.06. The summed E-state index contributed by atoms with van der Waals surface area (Å²) in [4.78, 5) is 15.3. The molecular weight excluding hydrogens is 222 g/mol. The molecule has 0 unspecified atom stereocenters. The molecule has 4 N–H and O–H groups in total. The van der Waals surface area contributed by atoms with Crippen LogP contribution in [0.25, 0.3) is 0 Å². The Labute approximate surface area is 98.7 Å². The van der Waals surface area contributed by atoms with Crippen LogP contribution in [0.15, 0.2) is 17.1 Å². The van der Waals surface area contributed by atoms with E-state index in [1.54, 1.807) is 12.3 Å². The van der Waals surface area contributed by atoms with Crippen molar-refractivity contribution >= 4 is 5.82 Å². The molecule has 0 bridgehead atoms. The highest BCUT2D eigenvalue weighted by atomic mass is 16.3. The van der Waals surface area contributed by atoms with Gasteiger partial charge in [0, 0.05) is 25.5 Å². The molecule has 0 saturated heterocycles. The van der Waals surface area contributed by atoms with E-state index >= 15 is 0 Å². The fourth-order valence-electron chi connectivity index (χ4n) is 2.56. The van der Waals surface area contributed by atoms with Gasteiger partial charge in [-0.2, -0.15) is 4.98 Å². The molecule has 1 heterocycles. The summed E-state index contributed by atoms with van der Waals surface area (Å²) in [6.45, 7) is 0.0811. The largest absolute Gasteiger partial charge is 0.396 e. The molecule has 0 amide bonds. The van der Waals surface area contributed by atoms with Crippen molar-refractivity contribution in [1.82, 2.24) is 9.55 Å². The Morgan fingerprint density at radius 3 is 2.41 bits per heavy atom. The fourth-order valence-corrected chi connectivity index (χ4v) is 2.56. The van der Waals surface area contributed by atoms with Crippen LogP contribution in [0.5, 0.6) is 0 Å². The zero-order chi connectivity index (χ0) is 12.4. The number of nitrogen functional groups attached to an aromatic ring is 1. The molecule has 1 fully saturated rings. The highest BCUT2D eigenvalue weighted by Gasteiger charge is 2.34. The van der Waals surface area contributed by atoms with Gasteiger partial charge in [0.05, 0.1) is 0 Å². The molecule has 1 saturated carbocycles. The number of aromatic nitrogens is 2. The van der Waals surface area contributed by atoms with Crippen molar-refractivity contribution in [3.05, 3.63) is 22.7 Å². The predicted octanol–water partition coefficient (Wildman–Crippen LogP) is -0.623. The molecule has 0 radical (unpaired) electrons. The lowest BCUT2D eigenvalue weighted by atomic mass is 9.98. The van der Waals surface area contributed by atoms with E-state index in [0.717, 1.165) is 0 Å². The van der Waals surface area contributed by atoms with Crippen molar-refractivity contribution in [3.8, 4) is 0 Å². The van der Waals surface area contributed by atoms with E-state index in [1.165, 1.54) is 4.57 Å². The fraction of sp³-hybridized carbons (Fsp3) is 0.636. The molecule has 6 nitrogen and oxygen atoms in total. The summed E-state index contributed by atoms with van der Waals surface area (Å²) in [6.07, 6.45) is 3.00. The number of aliphatic hydroxyl groups is 2. The Morgan fingerprint density at radius 2 is 1.94 bits per heavy atom. The summed E-state index contributed by atoms with van der Waals surface area (Å²) >= 11 is 0. The summed E-state index contributed by atoms with van der Waals surface area (Å²) < 4.78 is 1.54. The zero-order valence-electron chi connectivity index (χ0n) is 9.49. The maximum atomic E-state index is 11.7. The van der Waals surface area contributed by atoms with E-state index in [1.807, 2.05) is 0 Å². The summed E-state index contributed by atoms with van der Waals surface area (Å²) in [6, 6.07) is 1.58. The van der Waals surface area contributed by atoms with E-state index in [-0.39, 0.29) is 42.6 Å². The monoisotopic (exact) mass is 239 g/mol. The first-order valence-electron chi connectivity index (χ1n) is 5.72. The van der Waals surface area contributed by atoms with Gasteiger partial charge in [-0.05, 0) is 30.7 Å². The second-order valence-electron chi connectivity index (χ2n) is 4.55. The van der Waals surface area contributed by atoms with Crippen molar-refractivity contribution in [2.75, 3.05) is 18.9 Å². The van der Waals surface area contributed by atoms with Gasteiger partial charge in [0.25, 0.3) is 0 Å². The maximum Gasteiger partial charge on any atom is 0.349 e. The summed E-state index contributed by atoms with van der Waals surface area (Å²) in [7, 11) is 0. The van der Waals surface area contributed by atoms with Crippen LogP contribution in [-0.4, -0.2) is 33.0 Å². The van der Waals surface area contributed by atoms with Gasteiger partial charge in [0.2, 0.25) is 0 Å². The Kier molecular flexibility index (Phi) is 3.44. The molecule has 1 aliphatic rings. The summed E-state index contributed by atoms with van der Waals surface area (Å²) in [5, 5.41) is 18.4. The van der Waals surface area contributed by atoms with Gasteiger partial charge in [-0.15, -0.1) is 0 Å². The second kappa shape index (κ2) is 4.85. The smallest absolute Gasteiger partial charge is 0.349 e. The van der Waals surface area contributed by atoms with Gasteiger partial charge >= 0.3 is 5.69 Å². The predicted molar refractivity (Wildman–Crippen MR) is 62.3 cm³/mol. The highest BCUT2D eigenvalue weighted by molar-refractivity contribution is 5.23. The lowest BCUT2D eigenvalue weighted by molar-refractivity contribution is 0.141. The number of aliphatic hydroxyl groups excluding tert-OH is 2. The normalized spacial score (nSPS) is 25.3. The maximum absolute atomic E-state index is 11.7. The van der Waals surface area contributed by atoms with Crippen LogP contribution in [0, 0.1) is 11.8 Å². The van der Waals surface area contributed by atoms with Crippen LogP contribution in [0.3, 0.4) is 0 Å². The average Bonchev–Trinajstić information content (AvgIpc) is 2.72. The van der Waals surface area contributed by atoms with Crippen LogP contribution < -0.4 is 11.4 Å². The Hall–Kier alpha value is -1.40. The number of nitrogens with zero attached hydrogens (tertiary/aromatic N) is 2. The molecule has 0 aliphatic heterocycles. The quantitative estimate of drug-likeness (QED) is 0.652. The van der Waals surface area contributed by atoms with Crippen molar-refractivity contribution in [3.63, 3.8) is 0 Å². The third kappa shape index (κ3) is 2.32. The number of hydrogen-bond donors (Lipinski definition) is 3. The molecule has 94 valence electrons. The molecule has 1 aromatic rings. The van der Waals surface area contributed by atoms with Crippen LogP contribution in [0.1, 0.15) is 18.9 Å². The molecule has 2 rings (SSSR count). The van der Waals surface area contributed by atoms with E-state index < -0.39 is 0 Å². The minimum atomic E-state index is -0.370. The molecule has 1 aliphatic carbocycles. The zero-order valence-corrected chi connectivity index (χ0v) is 9.49. The van der Waals surface area contributed by atoms with Crippen molar-refractivity contribution in [1.29, 1.82) is 0 Å². The van der Waals surface area contributed by atoms with Gasteiger partial charge in [-0.25, -0.2) is 4.79 Å². The Balaban J connectivity index is 2.22. The average molecular weight is 239 g/mol. The Morgan fingerprint density at radius 1 is 1.35 bits per heavy atom. The molecule has 2 atom stereocenters. The standard InChI is InChI=1S/C11H17N3O3/c12-10-1-2-14(11(17)13-10)9-3-7(5-15)8(4-9)6-16/h1-2,7-9,15-16H,3-6H2,(H2,12,13,17)/t7-,8-/m1/s1. The molecule has 17 heavy (non-hydrogen) atoms. The molecule has 0 aromatic carbocycles. The minimum absolute atomic E-state index is 0.00935. The van der Waals surface area contributed by atoms with Gasteiger partial charge in [-0.1, -0.05) is 0 Å². The van der Waals surface area contributed by atoms with Crippen LogP contribution in [0.2, 0.25) is 0 Å². The summed E-state index contributed by atoms with van der Waals surface area (Å²) in [5.74, 6) is 0.311. The number of hydrogen-bond acceptors (Lipinski definition) is 5. The van der Waals surface area contributed by atoms with Crippen molar-refractivity contribution < 1.29 is 10.2 Å². The topological polar surface area (TPSA) is 101 Å². The van der Waals surface area contributed by atoms with E-state index in [2.05, 4.69) is 4.98 Å². The molecule has 0 spiro atoms. The Bertz CT molecular complexity index is 434. The van der Waals surface area contributed by atoms with E-state index in [4.69, 9.17) is 5.73 Å². The number of rotatable bonds is 3. The number of anilines is 1. The first kappa shape index (κ1) is 12.1. The number of nitrogens with two attached hydrogens (primary N) is 1. The van der Waals surface area contributed by atoms with Gasteiger partial charge in [0.15, 0.2) is 0 Å². The van der Waals surface area contributed by atoms with Gasteiger partial charge in [0.1, 0.15) is 5.82 Å². The minimum Gasteiger partial charge on any atom is -0.396 e. The molecule has 1 aromatic heterocycles. The van der Waals surface area contributed by atoms with Crippen molar-refractivity contribution in [2.45, 2.75) is 18.9 Å². The van der Waals surface area contributed by atoms with Gasteiger partial charge in [-0.3, -0.25) is 4.57 Å². The van der Waals surface area contributed by atoms with E-state index in [9.17, 15) is 15.0 Å². The van der Waals surface area contributed by atoms with Crippen LogP contribution in [-0.2, 0) is 0 Å². The third-order valence-electron chi connectivity index (χ3n) is 3.53.